The van der Waals surface area contributed by atoms with Crippen LogP contribution >= 0.6 is 0 Å². The molecule has 1 saturated carbocycles. The summed E-state index contributed by atoms with van der Waals surface area (Å²) in [6, 6.07) is 11.4. The number of benzene rings is 2. The van der Waals surface area contributed by atoms with Crippen LogP contribution in [0.25, 0.3) is 0 Å². The zero-order valence-electron chi connectivity index (χ0n) is 22.6. The second-order valence-electron chi connectivity index (χ2n) is 11.5. The van der Waals surface area contributed by atoms with Crippen molar-refractivity contribution < 1.29 is 40.3 Å². The number of halogens is 7. The third-order valence-corrected chi connectivity index (χ3v) is 9.24. The highest BCUT2D eigenvalue weighted by Gasteiger charge is 2.73. The molecule has 1 heterocycles. The van der Waals surface area contributed by atoms with Gasteiger partial charge in [0.15, 0.2) is 0 Å². The van der Waals surface area contributed by atoms with E-state index in [1.165, 1.54) is 0 Å². The normalized spacial score (nSPS) is 24.3. The van der Waals surface area contributed by atoms with Crippen molar-refractivity contribution in [2.45, 2.75) is 81.3 Å². The topological polar surface area (TPSA) is 61.2 Å². The average Bonchev–Trinajstić information content (AvgIpc) is 3.55. The first-order valence-electron chi connectivity index (χ1n) is 14.0. The number of likely N-dealkylation sites (tertiary alicyclic amines) is 1. The van der Waals surface area contributed by atoms with Crippen LogP contribution in [-0.2, 0) is 28.1 Å². The first kappa shape index (κ1) is 30.1. The van der Waals surface area contributed by atoms with Crippen LogP contribution in [0.5, 0.6) is 0 Å². The minimum absolute atomic E-state index is 0.0504. The predicted octanol–water partition coefficient (Wildman–Crippen LogP) is 7.10. The molecule has 11 heteroatoms. The molecule has 2 aromatic rings. The van der Waals surface area contributed by atoms with E-state index in [-0.39, 0.29) is 35.6 Å². The lowest BCUT2D eigenvalue weighted by Crippen LogP contribution is -2.50. The average molecular weight is 595 g/mol. The molecule has 0 bridgehead atoms. The van der Waals surface area contributed by atoms with Gasteiger partial charge in [-0.1, -0.05) is 30.3 Å². The summed E-state index contributed by atoms with van der Waals surface area (Å²) in [4.78, 5) is 28.2. The van der Waals surface area contributed by atoms with Crippen LogP contribution in [0.2, 0.25) is 0 Å². The monoisotopic (exact) mass is 594 g/mol. The number of alkyl halides is 7. The Morgan fingerprint density at radius 3 is 2.26 bits per heavy atom. The molecular formula is C31H29F7N2O2. The highest BCUT2D eigenvalue weighted by Crippen LogP contribution is 2.54. The first-order chi connectivity index (χ1) is 19.8. The molecule has 2 aliphatic carbocycles. The summed E-state index contributed by atoms with van der Waals surface area (Å²) in [5, 5.41) is 8.95. The van der Waals surface area contributed by atoms with Gasteiger partial charge >= 0.3 is 18.0 Å². The van der Waals surface area contributed by atoms with Crippen molar-refractivity contribution in [2.75, 3.05) is 6.54 Å². The lowest BCUT2D eigenvalue weighted by Gasteiger charge is -2.36. The van der Waals surface area contributed by atoms with Crippen LogP contribution in [0, 0.1) is 23.2 Å². The van der Waals surface area contributed by atoms with E-state index < -0.39 is 35.4 Å². The van der Waals surface area contributed by atoms with Crippen molar-refractivity contribution >= 4 is 11.7 Å². The van der Waals surface area contributed by atoms with Gasteiger partial charge in [-0.2, -0.15) is 31.6 Å². The Kier molecular flexibility index (Phi) is 7.88. The fraction of sp³-hybridized carbons (Fsp3) is 0.516. The number of nitriles is 1. The van der Waals surface area contributed by atoms with Gasteiger partial charge in [-0.15, -0.1) is 0 Å². The second kappa shape index (κ2) is 11.0. The van der Waals surface area contributed by atoms with Gasteiger partial charge in [0.05, 0.1) is 11.6 Å². The predicted molar refractivity (Wildman–Crippen MR) is 138 cm³/mol. The third-order valence-electron chi connectivity index (χ3n) is 9.24. The molecule has 4 nitrogen and oxygen atoms in total. The lowest BCUT2D eigenvalue weighted by molar-refractivity contribution is -0.348. The van der Waals surface area contributed by atoms with E-state index in [0.717, 1.165) is 11.6 Å². The number of nitrogens with zero attached hydrogens (tertiary/aromatic N) is 2. The Labute approximate surface area is 238 Å². The van der Waals surface area contributed by atoms with Crippen LogP contribution in [0.15, 0.2) is 42.5 Å². The number of rotatable bonds is 6. The number of carbonyl (C=O) groups excluding carboxylic acids is 2. The van der Waals surface area contributed by atoms with Crippen LogP contribution < -0.4 is 0 Å². The number of aryl methyl sites for hydroxylation is 2. The van der Waals surface area contributed by atoms with Crippen LogP contribution in [0.4, 0.5) is 30.7 Å². The molecule has 42 heavy (non-hydrogen) atoms. The fourth-order valence-electron chi connectivity index (χ4n) is 7.09. The van der Waals surface area contributed by atoms with E-state index in [0.29, 0.717) is 74.8 Å². The molecule has 1 saturated heterocycles. The Morgan fingerprint density at radius 1 is 0.929 bits per heavy atom. The molecule has 0 radical (unpaired) electrons. The smallest absolute Gasteiger partial charge is 0.339 e. The minimum Gasteiger partial charge on any atom is -0.339 e. The number of ketones is 1. The highest BCUT2D eigenvalue weighted by molar-refractivity contribution is 5.92. The number of hydrogen-bond donors (Lipinski definition) is 0. The third kappa shape index (κ3) is 5.18. The highest BCUT2D eigenvalue weighted by atomic mass is 19.4. The largest absolute Gasteiger partial charge is 0.435 e. The molecule has 0 N–H and O–H groups in total. The summed E-state index contributed by atoms with van der Waals surface area (Å²) in [5.74, 6) is -1.24. The van der Waals surface area contributed by atoms with Crippen molar-refractivity contribution in [3.63, 3.8) is 0 Å². The van der Waals surface area contributed by atoms with E-state index in [1.807, 2.05) is 12.1 Å². The van der Waals surface area contributed by atoms with Crippen molar-refractivity contribution in [1.82, 2.24) is 4.90 Å². The maximum Gasteiger partial charge on any atom is 0.435 e. The molecular weight excluding hydrogens is 565 g/mol. The zero-order valence-corrected chi connectivity index (χ0v) is 22.6. The SMILES string of the molecule is N#Cc1ccc(CCCC2C(=O)CC[C@H]2C(=O)N2CC[C@H]3c4ccc(C(F)(C(F)(F)F)C(F)(F)F)cc4CC[C@H]32)cc1. The number of amides is 1. The second-order valence-corrected chi connectivity index (χ2v) is 11.5. The maximum absolute atomic E-state index is 14.7. The van der Waals surface area contributed by atoms with Crippen molar-refractivity contribution in [3.8, 4) is 6.07 Å². The molecule has 1 amide bonds. The van der Waals surface area contributed by atoms with Gasteiger partial charge in [0.1, 0.15) is 5.78 Å². The van der Waals surface area contributed by atoms with E-state index in [9.17, 15) is 40.3 Å². The molecule has 1 aliphatic heterocycles. The number of hydrogen-bond acceptors (Lipinski definition) is 3. The number of Topliss-reactive ketones (excluding diaryl/α,β-unsaturated/α-hetero) is 1. The molecule has 0 aromatic heterocycles. The molecule has 1 unspecified atom stereocenters. The number of fused-ring (bicyclic) bond motifs is 3. The zero-order chi connectivity index (χ0) is 30.4. The summed E-state index contributed by atoms with van der Waals surface area (Å²) in [6.07, 6.45) is -8.74. The van der Waals surface area contributed by atoms with Crippen LogP contribution in [-0.4, -0.2) is 41.5 Å². The summed E-state index contributed by atoms with van der Waals surface area (Å²) in [5.41, 5.74) is -4.60. The van der Waals surface area contributed by atoms with Crippen molar-refractivity contribution in [1.29, 1.82) is 5.26 Å². The van der Waals surface area contributed by atoms with Gasteiger partial charge in [-0.25, -0.2) is 4.39 Å². The Bertz CT molecular complexity index is 1380. The van der Waals surface area contributed by atoms with E-state index >= 15 is 0 Å². The Balaban J connectivity index is 1.28. The van der Waals surface area contributed by atoms with Gasteiger partial charge in [-0.05, 0) is 73.8 Å². The molecule has 3 aliphatic rings. The Morgan fingerprint density at radius 2 is 1.62 bits per heavy atom. The van der Waals surface area contributed by atoms with E-state index in [4.69, 9.17) is 5.26 Å². The van der Waals surface area contributed by atoms with Gasteiger partial charge < -0.3 is 4.90 Å². The molecule has 2 fully saturated rings. The summed E-state index contributed by atoms with van der Waals surface area (Å²) >= 11 is 0. The van der Waals surface area contributed by atoms with Gasteiger partial charge in [0.2, 0.25) is 5.91 Å². The fourth-order valence-corrected chi connectivity index (χ4v) is 7.09. The molecule has 4 atom stereocenters. The van der Waals surface area contributed by atoms with Crippen molar-refractivity contribution in [3.05, 3.63) is 70.3 Å². The van der Waals surface area contributed by atoms with Crippen LogP contribution in [0.3, 0.4) is 0 Å². The van der Waals surface area contributed by atoms with Gasteiger partial charge in [0.25, 0.3) is 0 Å². The summed E-state index contributed by atoms with van der Waals surface area (Å²) < 4.78 is 94.4. The summed E-state index contributed by atoms with van der Waals surface area (Å²) in [7, 11) is 0. The minimum atomic E-state index is -6.18. The summed E-state index contributed by atoms with van der Waals surface area (Å²) in [6.45, 7) is 0.371. The molecule has 5 rings (SSSR count). The molecule has 0 spiro atoms. The lowest BCUT2D eigenvalue weighted by atomic mass is 9.77. The van der Waals surface area contributed by atoms with Gasteiger partial charge in [0, 0.05) is 42.3 Å². The number of carbonyl (C=O) groups is 2. The van der Waals surface area contributed by atoms with E-state index in [1.54, 1.807) is 17.0 Å². The van der Waals surface area contributed by atoms with E-state index in [2.05, 4.69) is 6.07 Å². The first-order valence-corrected chi connectivity index (χ1v) is 14.0. The molecule has 2 aromatic carbocycles. The van der Waals surface area contributed by atoms with Crippen molar-refractivity contribution in [2.24, 2.45) is 11.8 Å². The molecule has 224 valence electrons. The van der Waals surface area contributed by atoms with Gasteiger partial charge in [-0.3, -0.25) is 9.59 Å². The standard InChI is InChI=1S/C31H29F7N2O2/c32-29(30(33,34)35,31(36,37)38)21-9-10-22-20(16-21)8-12-26-23(22)14-15-40(26)28(42)25-11-13-27(41)24(25)3-1-2-18-4-6-19(17-39)7-5-18/h4-7,9-10,16,23-26H,1-3,8,11-15H2/t23-,24?,25+,26+/m0/s1. The Hall–Kier alpha value is -3.42. The quantitative estimate of drug-likeness (QED) is 0.336. The van der Waals surface area contributed by atoms with Crippen LogP contribution in [0.1, 0.15) is 72.3 Å². The maximum atomic E-state index is 14.7.